The quantitative estimate of drug-likeness (QED) is 0.562. The van der Waals surface area contributed by atoms with Crippen molar-refractivity contribution in [2.24, 2.45) is 4.99 Å². The zero-order valence-electron chi connectivity index (χ0n) is 12.9. The standard InChI is InChI=1S/C17H14IN3O2S/c1-11-2-7-14(23-11)8-15-16(22)21-10-20(9-19-17(21)24-15)13-5-3-12(18)4-6-13/h2-8H,9-10H2,1H3. The average Bonchev–Trinajstić information content (AvgIpc) is 3.12. The van der Waals surface area contributed by atoms with Crippen molar-refractivity contribution < 1.29 is 4.42 Å². The Hall–Kier alpha value is -1.87. The Labute approximate surface area is 155 Å². The van der Waals surface area contributed by atoms with Crippen LogP contribution in [0, 0.1) is 10.5 Å². The molecule has 0 atom stereocenters. The summed E-state index contributed by atoms with van der Waals surface area (Å²) in [6.45, 7) is 2.96. The Bertz CT molecular complexity index is 1060. The van der Waals surface area contributed by atoms with Crippen LogP contribution in [-0.2, 0) is 6.67 Å². The van der Waals surface area contributed by atoms with Crippen molar-refractivity contribution in [2.75, 3.05) is 11.6 Å². The van der Waals surface area contributed by atoms with Crippen LogP contribution in [0.1, 0.15) is 11.5 Å². The van der Waals surface area contributed by atoms with Crippen molar-refractivity contribution in [3.63, 3.8) is 0 Å². The first kappa shape index (κ1) is 15.6. The summed E-state index contributed by atoms with van der Waals surface area (Å²) in [7, 11) is 0. The summed E-state index contributed by atoms with van der Waals surface area (Å²) in [6, 6.07) is 12.0. The van der Waals surface area contributed by atoms with Gasteiger partial charge in [-0.3, -0.25) is 9.36 Å². The number of fused-ring (bicyclic) bond motifs is 1. The SMILES string of the molecule is Cc1ccc(C=c2sc3n(c2=O)CN(c2ccc(I)cc2)CN=3)o1. The number of benzene rings is 1. The number of rotatable bonds is 2. The van der Waals surface area contributed by atoms with Gasteiger partial charge in [-0.15, -0.1) is 0 Å². The van der Waals surface area contributed by atoms with Gasteiger partial charge in [0, 0.05) is 15.3 Å². The first-order valence-electron chi connectivity index (χ1n) is 7.43. The molecule has 1 aromatic carbocycles. The molecule has 0 N–H and O–H groups in total. The van der Waals surface area contributed by atoms with Crippen LogP contribution in [-0.4, -0.2) is 11.2 Å². The first-order valence-corrected chi connectivity index (χ1v) is 9.32. The van der Waals surface area contributed by atoms with Gasteiger partial charge in [0.25, 0.3) is 5.56 Å². The van der Waals surface area contributed by atoms with Crippen LogP contribution in [0.4, 0.5) is 5.69 Å². The maximum atomic E-state index is 12.7. The fourth-order valence-electron chi connectivity index (χ4n) is 2.59. The second-order valence-electron chi connectivity index (χ2n) is 5.53. The van der Waals surface area contributed by atoms with Gasteiger partial charge in [0.2, 0.25) is 0 Å². The molecule has 0 radical (unpaired) electrons. The molecule has 0 spiro atoms. The summed E-state index contributed by atoms with van der Waals surface area (Å²) < 4.78 is 9.08. The van der Waals surface area contributed by atoms with Crippen LogP contribution in [0.15, 0.2) is 50.6 Å². The van der Waals surface area contributed by atoms with E-state index in [-0.39, 0.29) is 5.56 Å². The highest BCUT2D eigenvalue weighted by molar-refractivity contribution is 14.1. The molecule has 3 heterocycles. The van der Waals surface area contributed by atoms with Gasteiger partial charge in [-0.2, -0.15) is 0 Å². The third-order valence-corrected chi connectivity index (χ3v) is 5.57. The number of furan rings is 1. The fraction of sp³-hybridized carbons (Fsp3) is 0.176. The third kappa shape index (κ3) is 2.93. The van der Waals surface area contributed by atoms with Gasteiger partial charge in [0.1, 0.15) is 24.9 Å². The van der Waals surface area contributed by atoms with Crippen LogP contribution in [0.25, 0.3) is 6.08 Å². The summed E-state index contributed by atoms with van der Waals surface area (Å²) in [5.74, 6) is 1.52. The highest BCUT2D eigenvalue weighted by Gasteiger charge is 2.16. The van der Waals surface area contributed by atoms with Crippen molar-refractivity contribution >= 4 is 45.7 Å². The molecule has 3 aromatic rings. The van der Waals surface area contributed by atoms with Gasteiger partial charge in [-0.05, 0) is 65.9 Å². The van der Waals surface area contributed by atoms with Crippen LogP contribution in [0.3, 0.4) is 0 Å². The number of thiazole rings is 1. The van der Waals surface area contributed by atoms with E-state index < -0.39 is 0 Å². The van der Waals surface area contributed by atoms with Gasteiger partial charge >= 0.3 is 0 Å². The molecular weight excluding hydrogens is 437 g/mol. The molecule has 0 amide bonds. The van der Waals surface area contributed by atoms with Crippen LogP contribution in [0.5, 0.6) is 0 Å². The Morgan fingerprint density at radius 1 is 1.25 bits per heavy atom. The minimum atomic E-state index is -0.0250. The fourth-order valence-corrected chi connectivity index (χ4v) is 3.89. The van der Waals surface area contributed by atoms with Gasteiger partial charge in [-0.25, -0.2) is 4.99 Å². The molecule has 0 saturated heterocycles. The van der Waals surface area contributed by atoms with E-state index in [0.717, 1.165) is 16.2 Å². The molecule has 0 bridgehead atoms. The first-order chi connectivity index (χ1) is 11.6. The maximum Gasteiger partial charge on any atom is 0.271 e. The van der Waals surface area contributed by atoms with E-state index in [0.29, 0.717) is 23.6 Å². The number of halogens is 1. The maximum absolute atomic E-state index is 12.7. The molecule has 0 saturated carbocycles. The van der Waals surface area contributed by atoms with Crippen molar-refractivity contribution in [3.05, 3.63) is 71.2 Å². The Kier molecular flexibility index (Phi) is 4.05. The molecule has 7 heteroatoms. The number of aromatic nitrogens is 1. The highest BCUT2D eigenvalue weighted by Crippen LogP contribution is 2.17. The van der Waals surface area contributed by atoms with E-state index in [1.165, 1.54) is 14.9 Å². The molecule has 0 unspecified atom stereocenters. The van der Waals surface area contributed by atoms with Crippen LogP contribution >= 0.6 is 33.9 Å². The molecule has 4 rings (SSSR count). The van der Waals surface area contributed by atoms with E-state index in [1.807, 2.05) is 19.1 Å². The smallest absolute Gasteiger partial charge is 0.271 e. The van der Waals surface area contributed by atoms with Crippen LogP contribution < -0.4 is 19.8 Å². The highest BCUT2D eigenvalue weighted by atomic mass is 127. The zero-order valence-corrected chi connectivity index (χ0v) is 15.9. The lowest BCUT2D eigenvalue weighted by Gasteiger charge is -2.25. The van der Waals surface area contributed by atoms with Gasteiger partial charge in [-0.1, -0.05) is 11.3 Å². The van der Waals surface area contributed by atoms with Crippen LogP contribution in [0.2, 0.25) is 0 Å². The third-order valence-electron chi connectivity index (χ3n) is 3.80. The average molecular weight is 451 g/mol. The lowest BCUT2D eigenvalue weighted by molar-refractivity contribution is 0.524. The topological polar surface area (TPSA) is 50.7 Å². The monoisotopic (exact) mass is 451 g/mol. The Morgan fingerprint density at radius 2 is 2.04 bits per heavy atom. The Balaban J connectivity index is 1.71. The molecule has 122 valence electrons. The predicted octanol–water partition coefficient (Wildman–Crippen LogP) is 2.30. The number of nitrogens with zero attached hydrogens (tertiary/aromatic N) is 3. The van der Waals surface area contributed by atoms with E-state index in [1.54, 1.807) is 10.6 Å². The summed E-state index contributed by atoms with van der Waals surface area (Å²) in [5, 5.41) is 0. The summed E-state index contributed by atoms with van der Waals surface area (Å²) in [5.41, 5.74) is 1.04. The second-order valence-corrected chi connectivity index (χ2v) is 7.79. The van der Waals surface area contributed by atoms with Gasteiger partial charge < -0.3 is 9.32 Å². The summed E-state index contributed by atoms with van der Waals surface area (Å²) in [6.07, 6.45) is 1.79. The minimum absolute atomic E-state index is 0.0250. The molecule has 1 aliphatic heterocycles. The van der Waals surface area contributed by atoms with Crippen molar-refractivity contribution in [1.82, 2.24) is 4.57 Å². The number of aryl methyl sites for hydroxylation is 1. The number of hydrogen-bond acceptors (Lipinski definition) is 5. The molecule has 5 nitrogen and oxygen atoms in total. The molecular formula is C17H14IN3O2S. The molecule has 2 aromatic heterocycles. The predicted molar refractivity (Wildman–Crippen MR) is 103 cm³/mol. The summed E-state index contributed by atoms with van der Waals surface area (Å²) >= 11 is 3.69. The largest absolute Gasteiger partial charge is 0.462 e. The minimum Gasteiger partial charge on any atom is -0.462 e. The lowest BCUT2D eigenvalue weighted by Crippen LogP contribution is -2.42. The molecule has 24 heavy (non-hydrogen) atoms. The number of hydrogen-bond donors (Lipinski definition) is 0. The Morgan fingerprint density at radius 3 is 2.75 bits per heavy atom. The van der Waals surface area contributed by atoms with Crippen molar-refractivity contribution in [2.45, 2.75) is 13.6 Å². The molecule has 0 aliphatic carbocycles. The van der Waals surface area contributed by atoms with E-state index in [2.05, 4.69) is 56.7 Å². The van der Waals surface area contributed by atoms with Crippen molar-refractivity contribution in [1.29, 1.82) is 0 Å². The molecule has 0 fully saturated rings. The zero-order chi connectivity index (χ0) is 16.7. The van der Waals surface area contributed by atoms with E-state index >= 15 is 0 Å². The van der Waals surface area contributed by atoms with Crippen molar-refractivity contribution in [3.8, 4) is 0 Å². The van der Waals surface area contributed by atoms with Gasteiger partial charge in [0.05, 0.1) is 4.53 Å². The second kappa shape index (κ2) is 6.21. The van der Waals surface area contributed by atoms with E-state index in [9.17, 15) is 4.79 Å². The van der Waals surface area contributed by atoms with E-state index in [4.69, 9.17) is 4.42 Å². The summed E-state index contributed by atoms with van der Waals surface area (Å²) in [4.78, 5) is 20.1. The normalized spacial score (nSPS) is 14.6. The van der Waals surface area contributed by atoms with Gasteiger partial charge in [0.15, 0.2) is 4.80 Å². The number of anilines is 1. The molecule has 1 aliphatic rings. The lowest BCUT2D eigenvalue weighted by atomic mass is 10.3.